The minimum atomic E-state index is -1.52. The van der Waals surface area contributed by atoms with Crippen LogP contribution in [0.2, 0.25) is 0 Å². The van der Waals surface area contributed by atoms with Crippen LogP contribution in [0.15, 0.2) is 71.8 Å². The number of phenolic OH excluding ortho intramolecular Hbond substituents is 3. The number of esters is 2. The maximum Gasteiger partial charge on any atom is 0.336 e. The molecule has 0 spiro atoms. The number of aliphatic hydroxyl groups is 1. The van der Waals surface area contributed by atoms with Gasteiger partial charge in [-0.3, -0.25) is 0 Å². The van der Waals surface area contributed by atoms with Gasteiger partial charge in [-0.2, -0.15) is 0 Å². The Balaban J connectivity index is 1.43. The minimum Gasteiger partial charge on any atom is -0.508 e. The van der Waals surface area contributed by atoms with Crippen LogP contribution in [0.3, 0.4) is 0 Å². The Kier molecular flexibility index (Phi) is 10.9. The quantitative estimate of drug-likeness (QED) is 0.147. The summed E-state index contributed by atoms with van der Waals surface area (Å²) in [6, 6.07) is 10.4. The second-order valence-electron chi connectivity index (χ2n) is 9.77. The van der Waals surface area contributed by atoms with E-state index < -0.39 is 17.7 Å². The molecule has 1 heterocycles. The molecule has 1 aliphatic heterocycles. The number of rotatable bonds is 14. The van der Waals surface area contributed by atoms with E-state index in [9.17, 15) is 30.0 Å². The summed E-state index contributed by atoms with van der Waals surface area (Å²) in [5.41, 5.74) is 2.40. The van der Waals surface area contributed by atoms with Crippen LogP contribution in [0.4, 0.5) is 0 Å². The maximum absolute atomic E-state index is 12.5. The number of carbonyl (C=O) groups excluding carboxylic acids is 2. The highest BCUT2D eigenvalue weighted by Crippen LogP contribution is 2.39. The van der Waals surface area contributed by atoms with Crippen LogP contribution in [0.5, 0.6) is 17.2 Å². The van der Waals surface area contributed by atoms with Gasteiger partial charge in [0.05, 0.1) is 0 Å². The molecule has 2 aromatic carbocycles. The van der Waals surface area contributed by atoms with Crippen LogP contribution in [0, 0.1) is 5.92 Å². The molecule has 0 radical (unpaired) electrons. The van der Waals surface area contributed by atoms with Crippen molar-refractivity contribution in [3.8, 4) is 17.2 Å². The third kappa shape index (κ3) is 8.72. The van der Waals surface area contributed by atoms with E-state index in [1.807, 2.05) is 13.0 Å². The third-order valence-electron chi connectivity index (χ3n) is 6.61. The number of ether oxygens (including phenoxy) is 3. The molecule has 1 unspecified atom stereocenters. The van der Waals surface area contributed by atoms with E-state index in [1.165, 1.54) is 43.5 Å². The lowest BCUT2D eigenvalue weighted by molar-refractivity contribution is -0.193. The molecule has 0 saturated carbocycles. The Morgan fingerprint density at radius 2 is 1.75 bits per heavy atom. The average Bonchev–Trinajstić information content (AvgIpc) is 3.26. The third-order valence-corrected chi connectivity index (χ3v) is 6.61. The molecule has 3 rings (SSSR count). The SMILES string of the molecule is CO[C@]1(c2cc(O)cc(O)c2)C=C(CCCC(CO)CC/C=C(\C)COC(=O)/C=C/c2ccc(O)cc2)C(=O)O1. The Labute approximate surface area is 233 Å². The van der Waals surface area contributed by atoms with Crippen LogP contribution in [0.25, 0.3) is 6.08 Å². The van der Waals surface area contributed by atoms with Crippen molar-refractivity contribution in [3.05, 3.63) is 83.0 Å². The van der Waals surface area contributed by atoms with E-state index >= 15 is 0 Å². The number of hydrogen-bond acceptors (Lipinski definition) is 9. The van der Waals surface area contributed by atoms with Crippen molar-refractivity contribution in [2.75, 3.05) is 20.3 Å². The van der Waals surface area contributed by atoms with Crippen molar-refractivity contribution >= 4 is 18.0 Å². The van der Waals surface area contributed by atoms with E-state index in [2.05, 4.69) is 0 Å². The van der Waals surface area contributed by atoms with Crippen molar-refractivity contribution < 1.29 is 44.2 Å². The summed E-state index contributed by atoms with van der Waals surface area (Å²) in [6.07, 6.45) is 9.68. The average molecular weight is 553 g/mol. The van der Waals surface area contributed by atoms with Gasteiger partial charge in [-0.05, 0) is 86.4 Å². The fourth-order valence-electron chi connectivity index (χ4n) is 4.37. The molecular weight excluding hydrogens is 516 g/mol. The first-order valence-electron chi connectivity index (χ1n) is 13.1. The van der Waals surface area contributed by atoms with Crippen LogP contribution >= 0.6 is 0 Å². The van der Waals surface area contributed by atoms with Crippen LogP contribution < -0.4 is 0 Å². The highest BCUT2D eigenvalue weighted by atomic mass is 16.7. The Bertz CT molecular complexity index is 1240. The predicted octanol–water partition coefficient (Wildman–Crippen LogP) is 4.85. The summed E-state index contributed by atoms with van der Waals surface area (Å²) in [6.45, 7) is 2.05. The molecule has 0 fully saturated rings. The number of aromatic hydroxyl groups is 3. The smallest absolute Gasteiger partial charge is 0.336 e. The fraction of sp³-hybridized carbons (Fsp3) is 0.355. The Morgan fingerprint density at radius 1 is 1.05 bits per heavy atom. The molecule has 2 aromatic rings. The second kappa shape index (κ2) is 14.3. The summed E-state index contributed by atoms with van der Waals surface area (Å²) in [5, 5.41) is 38.8. The minimum absolute atomic E-state index is 0.0119. The maximum atomic E-state index is 12.5. The van der Waals surface area contributed by atoms with E-state index in [1.54, 1.807) is 24.3 Å². The Hall–Kier alpha value is -4.08. The van der Waals surface area contributed by atoms with E-state index in [0.29, 0.717) is 36.8 Å². The van der Waals surface area contributed by atoms with Gasteiger partial charge in [-0.15, -0.1) is 0 Å². The van der Waals surface area contributed by atoms with Gasteiger partial charge in [-0.1, -0.05) is 18.2 Å². The van der Waals surface area contributed by atoms with Crippen molar-refractivity contribution in [2.45, 2.75) is 44.8 Å². The molecule has 0 amide bonds. The normalized spacial score (nSPS) is 18.0. The predicted molar refractivity (Wildman–Crippen MR) is 148 cm³/mol. The summed E-state index contributed by atoms with van der Waals surface area (Å²) < 4.78 is 16.2. The van der Waals surface area contributed by atoms with Crippen molar-refractivity contribution in [2.24, 2.45) is 5.92 Å². The number of methoxy groups -OCH3 is 1. The largest absolute Gasteiger partial charge is 0.508 e. The summed E-state index contributed by atoms with van der Waals surface area (Å²) in [5.74, 6) is -2.69. The number of hydrogen-bond donors (Lipinski definition) is 4. The summed E-state index contributed by atoms with van der Waals surface area (Å²) in [4.78, 5) is 24.5. The molecule has 0 aliphatic carbocycles. The first kappa shape index (κ1) is 30.5. The first-order valence-corrected chi connectivity index (χ1v) is 13.1. The highest BCUT2D eigenvalue weighted by molar-refractivity contribution is 5.91. The monoisotopic (exact) mass is 552 g/mol. The number of allylic oxidation sites excluding steroid dienone is 1. The molecule has 2 atom stereocenters. The Morgan fingerprint density at radius 3 is 2.40 bits per heavy atom. The van der Waals surface area contributed by atoms with Crippen molar-refractivity contribution in [3.63, 3.8) is 0 Å². The lowest BCUT2D eigenvalue weighted by Gasteiger charge is -2.25. The number of aliphatic hydroxyl groups excluding tert-OH is 1. The zero-order valence-corrected chi connectivity index (χ0v) is 22.7. The number of phenols is 3. The molecule has 40 heavy (non-hydrogen) atoms. The number of cyclic esters (lactones) is 1. The molecular formula is C31H36O9. The summed E-state index contributed by atoms with van der Waals surface area (Å²) in [7, 11) is 1.38. The van der Waals surface area contributed by atoms with Gasteiger partial charge in [0.15, 0.2) is 0 Å². The van der Waals surface area contributed by atoms with Gasteiger partial charge in [0.2, 0.25) is 0 Å². The number of benzene rings is 2. The molecule has 0 saturated heterocycles. The van der Waals surface area contributed by atoms with Gasteiger partial charge >= 0.3 is 11.9 Å². The van der Waals surface area contributed by atoms with E-state index in [-0.39, 0.29) is 36.4 Å². The molecule has 1 aliphatic rings. The van der Waals surface area contributed by atoms with Crippen LogP contribution in [-0.2, 0) is 29.6 Å². The number of carbonyl (C=O) groups is 2. The lowest BCUT2D eigenvalue weighted by Crippen LogP contribution is -2.27. The standard InChI is InChI=1S/C31H36O9/c1-21(20-39-29(36)14-11-22-9-12-26(33)13-10-22)5-3-6-23(19-32)7-4-8-24-18-31(38-2,40-30(24)37)25-15-27(34)17-28(35)16-25/h5,9-18,23,32-35H,3-4,6-8,19-20H2,1-2H3/b14-11+,21-5+/t23?,31-/m1/s1. The van der Waals surface area contributed by atoms with Gasteiger partial charge in [-0.25, -0.2) is 9.59 Å². The molecule has 9 nitrogen and oxygen atoms in total. The molecule has 4 N–H and O–H groups in total. The second-order valence-corrected chi connectivity index (χ2v) is 9.77. The fourth-order valence-corrected chi connectivity index (χ4v) is 4.37. The lowest BCUT2D eigenvalue weighted by atomic mass is 9.95. The first-order chi connectivity index (χ1) is 19.1. The summed E-state index contributed by atoms with van der Waals surface area (Å²) >= 11 is 0. The molecule has 9 heteroatoms. The van der Waals surface area contributed by atoms with Crippen LogP contribution in [-0.4, -0.2) is 52.7 Å². The zero-order valence-electron chi connectivity index (χ0n) is 22.7. The van der Waals surface area contributed by atoms with Crippen molar-refractivity contribution in [1.82, 2.24) is 0 Å². The van der Waals surface area contributed by atoms with Gasteiger partial charge in [0.1, 0.15) is 23.9 Å². The van der Waals surface area contributed by atoms with Gasteiger partial charge in [0.25, 0.3) is 5.79 Å². The zero-order chi connectivity index (χ0) is 29.1. The molecule has 214 valence electrons. The van der Waals surface area contributed by atoms with Gasteiger partial charge < -0.3 is 34.6 Å². The van der Waals surface area contributed by atoms with E-state index in [0.717, 1.165) is 17.6 Å². The molecule has 0 bridgehead atoms. The van der Waals surface area contributed by atoms with Gasteiger partial charge in [0, 0.05) is 43.1 Å². The highest BCUT2D eigenvalue weighted by Gasteiger charge is 2.42. The van der Waals surface area contributed by atoms with Crippen LogP contribution in [0.1, 0.15) is 50.2 Å². The van der Waals surface area contributed by atoms with Crippen molar-refractivity contribution in [1.29, 1.82) is 0 Å². The molecule has 0 aromatic heterocycles. The van der Waals surface area contributed by atoms with E-state index in [4.69, 9.17) is 14.2 Å². The topological polar surface area (TPSA) is 143 Å².